The molecule has 0 aliphatic carbocycles. The Hall–Kier alpha value is -3.74. The number of aromatic nitrogens is 1. The average molecular weight is 508 g/mol. The SMILES string of the molecule is CC(C)c1ccc(Nc2cc(C(=O)NCCN3CCN(Cc4ccccc4)CC3)c3ccccc3n2)cc1. The second kappa shape index (κ2) is 12.2. The standard InChI is InChI=1S/C32H37N5O/c1-24(2)26-12-14-27(15-13-26)34-31-22-29(28-10-6-7-11-30(28)35-31)32(38)33-16-17-36-18-20-37(21-19-36)23-25-8-4-3-5-9-25/h3-15,22,24H,16-21,23H2,1-2H3,(H,33,38)(H,34,35). The van der Waals surface area contributed by atoms with E-state index in [0.29, 0.717) is 23.8 Å². The van der Waals surface area contributed by atoms with Gasteiger partial charge in [-0.15, -0.1) is 0 Å². The lowest BCUT2D eigenvalue weighted by Crippen LogP contribution is -2.48. The van der Waals surface area contributed by atoms with Crippen molar-refractivity contribution in [2.24, 2.45) is 0 Å². The molecule has 1 aliphatic rings. The molecule has 5 rings (SSSR count). The summed E-state index contributed by atoms with van der Waals surface area (Å²) in [4.78, 5) is 23.0. The van der Waals surface area contributed by atoms with Gasteiger partial charge in [-0.25, -0.2) is 4.98 Å². The smallest absolute Gasteiger partial charge is 0.252 e. The highest BCUT2D eigenvalue weighted by atomic mass is 16.1. The molecule has 0 saturated carbocycles. The first-order chi connectivity index (χ1) is 18.5. The maximum Gasteiger partial charge on any atom is 0.252 e. The largest absolute Gasteiger partial charge is 0.351 e. The van der Waals surface area contributed by atoms with E-state index in [9.17, 15) is 4.79 Å². The average Bonchev–Trinajstić information content (AvgIpc) is 2.94. The molecule has 3 aromatic carbocycles. The molecule has 0 unspecified atom stereocenters. The number of hydrogen-bond acceptors (Lipinski definition) is 5. The number of nitrogens with zero attached hydrogens (tertiary/aromatic N) is 3. The fraction of sp³-hybridized carbons (Fsp3) is 0.312. The third-order valence-electron chi connectivity index (χ3n) is 7.24. The van der Waals surface area contributed by atoms with Gasteiger partial charge in [0.1, 0.15) is 5.82 Å². The van der Waals surface area contributed by atoms with E-state index in [4.69, 9.17) is 4.98 Å². The first-order valence-corrected chi connectivity index (χ1v) is 13.6. The molecule has 38 heavy (non-hydrogen) atoms. The Morgan fingerprint density at radius 2 is 1.55 bits per heavy atom. The van der Waals surface area contributed by atoms with Crippen LogP contribution in [-0.2, 0) is 6.54 Å². The van der Waals surface area contributed by atoms with Gasteiger partial charge in [0.25, 0.3) is 5.91 Å². The molecule has 6 nitrogen and oxygen atoms in total. The molecule has 2 N–H and O–H groups in total. The zero-order valence-electron chi connectivity index (χ0n) is 22.4. The number of pyridine rings is 1. The van der Waals surface area contributed by atoms with Crippen molar-refractivity contribution in [1.29, 1.82) is 0 Å². The van der Waals surface area contributed by atoms with Gasteiger partial charge in [-0.05, 0) is 41.3 Å². The zero-order valence-corrected chi connectivity index (χ0v) is 22.4. The summed E-state index contributed by atoms with van der Waals surface area (Å²) in [6, 6.07) is 28.7. The summed E-state index contributed by atoms with van der Waals surface area (Å²) in [5.41, 5.74) is 5.05. The lowest BCUT2D eigenvalue weighted by molar-refractivity contribution is 0.0935. The zero-order chi connectivity index (χ0) is 26.3. The fourth-order valence-corrected chi connectivity index (χ4v) is 4.96. The fourth-order valence-electron chi connectivity index (χ4n) is 4.96. The van der Waals surface area contributed by atoms with Crippen molar-refractivity contribution in [3.63, 3.8) is 0 Å². The molecule has 196 valence electrons. The molecule has 0 radical (unpaired) electrons. The quantitative estimate of drug-likeness (QED) is 0.307. The summed E-state index contributed by atoms with van der Waals surface area (Å²) in [5, 5.41) is 7.39. The number of anilines is 2. The number of carbonyl (C=O) groups is 1. The van der Waals surface area contributed by atoms with Gasteiger partial charge in [-0.3, -0.25) is 14.6 Å². The molecule has 1 amide bonds. The first kappa shape index (κ1) is 25.9. The summed E-state index contributed by atoms with van der Waals surface area (Å²) in [6.45, 7) is 11.0. The Bertz CT molecular complexity index is 1350. The van der Waals surface area contributed by atoms with Crippen LogP contribution >= 0.6 is 0 Å². The van der Waals surface area contributed by atoms with Gasteiger partial charge in [-0.2, -0.15) is 0 Å². The minimum absolute atomic E-state index is 0.0653. The van der Waals surface area contributed by atoms with Crippen molar-refractivity contribution in [3.8, 4) is 0 Å². The van der Waals surface area contributed by atoms with E-state index in [1.807, 2.05) is 30.3 Å². The third-order valence-corrected chi connectivity index (χ3v) is 7.24. The van der Waals surface area contributed by atoms with Gasteiger partial charge in [0.15, 0.2) is 0 Å². The highest BCUT2D eigenvalue weighted by Crippen LogP contribution is 2.24. The van der Waals surface area contributed by atoms with Crippen LogP contribution in [0.4, 0.5) is 11.5 Å². The van der Waals surface area contributed by atoms with Crippen LogP contribution in [-0.4, -0.2) is 60.0 Å². The Morgan fingerprint density at radius 3 is 2.29 bits per heavy atom. The second-order valence-electron chi connectivity index (χ2n) is 10.3. The van der Waals surface area contributed by atoms with Gasteiger partial charge in [0.2, 0.25) is 0 Å². The van der Waals surface area contributed by atoms with E-state index in [0.717, 1.165) is 55.9 Å². The van der Waals surface area contributed by atoms with E-state index in [1.165, 1.54) is 11.1 Å². The van der Waals surface area contributed by atoms with Crippen LogP contribution in [0.3, 0.4) is 0 Å². The van der Waals surface area contributed by atoms with E-state index >= 15 is 0 Å². The summed E-state index contributed by atoms with van der Waals surface area (Å²) in [5.74, 6) is 1.08. The predicted octanol–water partition coefficient (Wildman–Crippen LogP) is 5.65. The van der Waals surface area contributed by atoms with Gasteiger partial charge in [0.05, 0.1) is 11.1 Å². The second-order valence-corrected chi connectivity index (χ2v) is 10.3. The van der Waals surface area contributed by atoms with Crippen LogP contribution in [0, 0.1) is 0 Å². The van der Waals surface area contributed by atoms with E-state index in [-0.39, 0.29) is 5.91 Å². The summed E-state index contributed by atoms with van der Waals surface area (Å²) >= 11 is 0. The molecular formula is C32H37N5O. The molecule has 2 heterocycles. The molecule has 1 saturated heterocycles. The number of carbonyl (C=O) groups excluding carboxylic acids is 1. The van der Waals surface area contributed by atoms with Crippen molar-refractivity contribution in [2.75, 3.05) is 44.6 Å². The number of piperazine rings is 1. The van der Waals surface area contributed by atoms with Gasteiger partial charge >= 0.3 is 0 Å². The summed E-state index contributed by atoms with van der Waals surface area (Å²) in [6.07, 6.45) is 0. The van der Waals surface area contributed by atoms with Gasteiger partial charge < -0.3 is 10.6 Å². The molecule has 1 aliphatic heterocycles. The predicted molar refractivity (Wildman–Crippen MR) is 156 cm³/mol. The molecule has 1 fully saturated rings. The Morgan fingerprint density at radius 1 is 0.868 bits per heavy atom. The van der Waals surface area contributed by atoms with Crippen LogP contribution in [0.15, 0.2) is 84.9 Å². The minimum Gasteiger partial charge on any atom is -0.351 e. The van der Waals surface area contributed by atoms with E-state index in [1.54, 1.807) is 0 Å². The highest BCUT2D eigenvalue weighted by molar-refractivity contribution is 6.07. The lowest BCUT2D eigenvalue weighted by Gasteiger charge is -2.34. The number of para-hydroxylation sites is 1. The van der Waals surface area contributed by atoms with Crippen LogP contribution in [0.5, 0.6) is 0 Å². The number of nitrogens with one attached hydrogen (secondary N) is 2. The van der Waals surface area contributed by atoms with Crippen LogP contribution in [0.25, 0.3) is 10.9 Å². The van der Waals surface area contributed by atoms with Crippen molar-refractivity contribution < 1.29 is 4.79 Å². The Balaban J connectivity index is 1.18. The molecule has 6 heteroatoms. The van der Waals surface area contributed by atoms with E-state index in [2.05, 4.69) is 88.9 Å². The Kier molecular flexibility index (Phi) is 8.31. The van der Waals surface area contributed by atoms with Gasteiger partial charge in [0, 0.05) is 56.9 Å². The normalized spacial score (nSPS) is 14.6. The first-order valence-electron chi connectivity index (χ1n) is 13.6. The van der Waals surface area contributed by atoms with Crippen molar-refractivity contribution in [3.05, 3.63) is 102 Å². The lowest BCUT2D eigenvalue weighted by atomic mass is 10.0. The maximum absolute atomic E-state index is 13.3. The van der Waals surface area contributed by atoms with Crippen LogP contribution in [0.1, 0.15) is 41.3 Å². The van der Waals surface area contributed by atoms with Crippen LogP contribution < -0.4 is 10.6 Å². The summed E-state index contributed by atoms with van der Waals surface area (Å²) < 4.78 is 0. The number of hydrogen-bond donors (Lipinski definition) is 2. The van der Waals surface area contributed by atoms with Gasteiger partial charge in [-0.1, -0.05) is 74.5 Å². The van der Waals surface area contributed by atoms with Crippen molar-refractivity contribution in [2.45, 2.75) is 26.3 Å². The molecule has 4 aromatic rings. The number of benzene rings is 3. The number of amides is 1. The number of fused-ring (bicyclic) bond motifs is 1. The maximum atomic E-state index is 13.3. The molecular weight excluding hydrogens is 470 g/mol. The molecule has 0 atom stereocenters. The monoisotopic (exact) mass is 507 g/mol. The molecule has 1 aromatic heterocycles. The topological polar surface area (TPSA) is 60.5 Å². The highest BCUT2D eigenvalue weighted by Gasteiger charge is 2.18. The van der Waals surface area contributed by atoms with Crippen LogP contribution in [0.2, 0.25) is 0 Å². The summed E-state index contributed by atoms with van der Waals surface area (Å²) in [7, 11) is 0. The number of rotatable bonds is 9. The molecule has 0 bridgehead atoms. The van der Waals surface area contributed by atoms with E-state index < -0.39 is 0 Å². The Labute approximate surface area is 225 Å². The minimum atomic E-state index is -0.0653. The van der Waals surface area contributed by atoms with Crippen molar-refractivity contribution >= 4 is 28.3 Å². The molecule has 0 spiro atoms. The third kappa shape index (κ3) is 6.57. The van der Waals surface area contributed by atoms with Crippen molar-refractivity contribution in [1.82, 2.24) is 20.1 Å².